The largest absolute Gasteiger partial charge is 0.307 e. The number of fused-ring (bicyclic) bond motifs is 2. The maximum Gasteiger partial charge on any atom is 0.271 e. The van der Waals surface area contributed by atoms with E-state index in [-0.39, 0.29) is 11.6 Å². The number of amides is 1. The maximum atomic E-state index is 13.0. The Bertz CT molecular complexity index is 999. The second kappa shape index (κ2) is 5.58. The number of anilines is 1. The number of nitro groups is 1. The van der Waals surface area contributed by atoms with Gasteiger partial charge in [-0.3, -0.25) is 14.9 Å². The van der Waals surface area contributed by atoms with E-state index in [1.165, 1.54) is 23.5 Å². The number of carbonyl (C=O) groups excluding carboxylic acids is 1. The molecule has 0 fully saturated rings. The molecule has 0 unspecified atom stereocenters. The number of benzene rings is 2. The van der Waals surface area contributed by atoms with Crippen molar-refractivity contribution in [1.82, 2.24) is 0 Å². The Balaban J connectivity index is 1.78. The van der Waals surface area contributed by atoms with Crippen LogP contribution in [-0.4, -0.2) is 17.4 Å². The van der Waals surface area contributed by atoms with Crippen molar-refractivity contribution in [2.75, 3.05) is 11.4 Å². The Morgan fingerprint density at radius 2 is 2.04 bits per heavy atom. The van der Waals surface area contributed by atoms with E-state index < -0.39 is 4.92 Å². The first-order chi connectivity index (χ1) is 11.6. The Morgan fingerprint density at radius 1 is 1.25 bits per heavy atom. The molecule has 0 radical (unpaired) electrons. The molecule has 7 heteroatoms. The molecule has 3 aromatic rings. The van der Waals surface area contributed by atoms with Gasteiger partial charge in [0, 0.05) is 28.8 Å². The molecule has 0 bridgehead atoms. The fraction of sp³-hybridized carbons (Fsp3) is 0.118. The summed E-state index contributed by atoms with van der Waals surface area (Å²) in [7, 11) is 0. The van der Waals surface area contributed by atoms with E-state index in [1.54, 1.807) is 11.0 Å². The molecule has 0 aliphatic carbocycles. The van der Waals surface area contributed by atoms with Gasteiger partial charge in [0.1, 0.15) is 4.88 Å². The molecule has 120 valence electrons. The predicted molar refractivity (Wildman–Crippen MR) is 95.3 cm³/mol. The number of thiophene rings is 1. The summed E-state index contributed by atoms with van der Waals surface area (Å²) in [6.45, 7) is 0.500. The summed E-state index contributed by atoms with van der Waals surface area (Å²) in [5.74, 6) is -0.208. The number of carbonyl (C=O) groups is 1. The monoisotopic (exact) mass is 358 g/mol. The van der Waals surface area contributed by atoms with Gasteiger partial charge in [0.05, 0.1) is 15.6 Å². The van der Waals surface area contributed by atoms with Crippen LogP contribution in [0.25, 0.3) is 10.1 Å². The van der Waals surface area contributed by atoms with Crippen molar-refractivity contribution >= 4 is 50.3 Å². The molecular formula is C17H11ClN2O3S. The number of rotatable bonds is 2. The summed E-state index contributed by atoms with van der Waals surface area (Å²) in [5.41, 5.74) is 1.52. The zero-order chi connectivity index (χ0) is 16.8. The van der Waals surface area contributed by atoms with Crippen molar-refractivity contribution in [2.45, 2.75) is 6.42 Å². The molecule has 2 heterocycles. The van der Waals surface area contributed by atoms with Crippen molar-refractivity contribution in [1.29, 1.82) is 0 Å². The number of nitro benzene ring substituents is 1. The highest BCUT2D eigenvalue weighted by Crippen LogP contribution is 2.39. The van der Waals surface area contributed by atoms with Crippen LogP contribution in [0.2, 0.25) is 5.02 Å². The van der Waals surface area contributed by atoms with E-state index in [0.717, 1.165) is 15.6 Å². The molecule has 5 nitrogen and oxygen atoms in total. The fourth-order valence-corrected chi connectivity index (χ4v) is 4.43. The first kappa shape index (κ1) is 15.1. The van der Waals surface area contributed by atoms with Gasteiger partial charge >= 0.3 is 0 Å². The van der Waals surface area contributed by atoms with Crippen molar-refractivity contribution in [3.63, 3.8) is 0 Å². The van der Waals surface area contributed by atoms with Crippen molar-refractivity contribution < 1.29 is 9.72 Å². The standard InChI is InChI=1S/C17H11ClN2O3S/c18-15-12-3-1-2-4-14(12)24-16(15)17(21)19-8-7-10-5-6-11(20(22)23)9-13(10)19/h1-6,9H,7-8H2. The SMILES string of the molecule is O=C(c1sc2ccccc2c1Cl)N1CCc2ccc([N+](=O)[O-])cc21. The minimum atomic E-state index is -0.451. The highest BCUT2D eigenvalue weighted by atomic mass is 35.5. The van der Waals surface area contributed by atoms with Crippen LogP contribution in [0.1, 0.15) is 15.2 Å². The van der Waals surface area contributed by atoms with E-state index in [0.29, 0.717) is 28.6 Å². The number of hydrogen-bond acceptors (Lipinski definition) is 4. The predicted octanol–water partition coefficient (Wildman–Crippen LogP) is 4.67. The summed E-state index contributed by atoms with van der Waals surface area (Å²) >= 11 is 7.74. The molecule has 2 aromatic carbocycles. The van der Waals surface area contributed by atoms with Gasteiger partial charge < -0.3 is 4.90 Å². The molecule has 0 spiro atoms. The molecule has 0 atom stereocenters. The van der Waals surface area contributed by atoms with Crippen LogP contribution in [0.15, 0.2) is 42.5 Å². The average molecular weight is 359 g/mol. The lowest BCUT2D eigenvalue weighted by Crippen LogP contribution is -2.28. The molecule has 4 rings (SSSR count). The van der Waals surface area contributed by atoms with Gasteiger partial charge in [-0.1, -0.05) is 35.9 Å². The van der Waals surface area contributed by atoms with E-state index in [1.807, 2.05) is 24.3 Å². The minimum absolute atomic E-state index is 0.0177. The summed E-state index contributed by atoms with van der Waals surface area (Å²) in [6, 6.07) is 12.2. The van der Waals surface area contributed by atoms with Crippen LogP contribution in [0.4, 0.5) is 11.4 Å². The Hall–Kier alpha value is -2.44. The number of hydrogen-bond donors (Lipinski definition) is 0. The molecule has 0 N–H and O–H groups in total. The topological polar surface area (TPSA) is 63.5 Å². The molecular weight excluding hydrogens is 348 g/mol. The Kier molecular flexibility index (Phi) is 3.51. The van der Waals surface area contributed by atoms with Crippen LogP contribution in [0, 0.1) is 10.1 Å². The maximum absolute atomic E-state index is 13.0. The van der Waals surface area contributed by atoms with E-state index in [9.17, 15) is 14.9 Å². The van der Waals surface area contributed by atoms with Gasteiger partial charge in [-0.15, -0.1) is 11.3 Å². The third-order valence-electron chi connectivity index (χ3n) is 4.15. The van der Waals surface area contributed by atoms with Crippen LogP contribution >= 0.6 is 22.9 Å². The molecule has 1 aliphatic rings. The second-order valence-corrected chi connectivity index (χ2v) is 6.95. The third-order valence-corrected chi connectivity index (χ3v) is 5.81. The lowest BCUT2D eigenvalue weighted by Gasteiger charge is -2.16. The second-order valence-electron chi connectivity index (χ2n) is 5.52. The highest BCUT2D eigenvalue weighted by molar-refractivity contribution is 7.21. The van der Waals surface area contributed by atoms with E-state index in [4.69, 9.17) is 11.6 Å². The molecule has 1 aliphatic heterocycles. The lowest BCUT2D eigenvalue weighted by atomic mass is 10.1. The van der Waals surface area contributed by atoms with Gasteiger partial charge in [-0.2, -0.15) is 0 Å². The fourth-order valence-electron chi connectivity index (χ4n) is 2.97. The summed E-state index contributed by atoms with van der Waals surface area (Å²) in [6.07, 6.45) is 0.682. The number of nitrogens with zero attached hydrogens (tertiary/aromatic N) is 2. The van der Waals surface area contributed by atoms with Gasteiger partial charge in [0.15, 0.2) is 0 Å². The number of halogens is 1. The summed E-state index contributed by atoms with van der Waals surface area (Å²) < 4.78 is 0.948. The Labute approximate surface area is 146 Å². The third kappa shape index (κ3) is 2.26. The molecule has 1 amide bonds. The zero-order valence-corrected chi connectivity index (χ0v) is 13.9. The molecule has 24 heavy (non-hydrogen) atoms. The van der Waals surface area contributed by atoms with Gasteiger partial charge in [0.25, 0.3) is 11.6 Å². The number of non-ortho nitro benzene ring substituents is 1. The normalized spacial score (nSPS) is 13.3. The minimum Gasteiger partial charge on any atom is -0.307 e. The van der Waals surface area contributed by atoms with Crippen LogP contribution < -0.4 is 4.90 Å². The lowest BCUT2D eigenvalue weighted by molar-refractivity contribution is -0.384. The van der Waals surface area contributed by atoms with Gasteiger partial charge in [-0.05, 0) is 18.1 Å². The van der Waals surface area contributed by atoms with E-state index in [2.05, 4.69) is 0 Å². The summed E-state index contributed by atoms with van der Waals surface area (Å²) in [4.78, 5) is 25.6. The first-order valence-electron chi connectivity index (χ1n) is 7.32. The Morgan fingerprint density at radius 3 is 2.79 bits per heavy atom. The smallest absolute Gasteiger partial charge is 0.271 e. The van der Waals surface area contributed by atoms with Crippen LogP contribution in [0.5, 0.6) is 0 Å². The van der Waals surface area contributed by atoms with Gasteiger partial charge in [0.2, 0.25) is 0 Å². The molecule has 0 saturated carbocycles. The van der Waals surface area contributed by atoms with E-state index >= 15 is 0 Å². The van der Waals surface area contributed by atoms with Crippen LogP contribution in [-0.2, 0) is 6.42 Å². The summed E-state index contributed by atoms with van der Waals surface area (Å²) in [5, 5.41) is 12.3. The average Bonchev–Trinajstić information content (AvgIpc) is 3.15. The molecule has 1 aromatic heterocycles. The van der Waals surface area contributed by atoms with Crippen molar-refractivity contribution in [3.8, 4) is 0 Å². The highest BCUT2D eigenvalue weighted by Gasteiger charge is 2.30. The van der Waals surface area contributed by atoms with Gasteiger partial charge in [-0.25, -0.2) is 0 Å². The zero-order valence-electron chi connectivity index (χ0n) is 12.4. The van der Waals surface area contributed by atoms with Crippen molar-refractivity contribution in [2.24, 2.45) is 0 Å². The quantitative estimate of drug-likeness (QED) is 0.494. The molecule has 0 saturated heterocycles. The van der Waals surface area contributed by atoms with Crippen LogP contribution in [0.3, 0.4) is 0 Å². The van der Waals surface area contributed by atoms with Crippen molar-refractivity contribution in [3.05, 3.63) is 68.0 Å². The first-order valence-corrected chi connectivity index (χ1v) is 8.52.